The molecule has 0 spiro atoms. The van der Waals surface area contributed by atoms with E-state index in [-0.39, 0.29) is 0 Å². The molecule has 1 saturated heterocycles. The maximum absolute atomic E-state index is 6.19. The van der Waals surface area contributed by atoms with E-state index in [0.717, 1.165) is 35.0 Å². The molecule has 2 aromatic heterocycles. The molecule has 5 heteroatoms. The topological polar surface area (TPSA) is 29.0 Å². The first-order valence-corrected chi connectivity index (χ1v) is 7.53. The Morgan fingerprint density at radius 1 is 1.44 bits per heavy atom. The number of aromatic nitrogens is 2. The van der Waals surface area contributed by atoms with Gasteiger partial charge < -0.3 is 0 Å². The fourth-order valence-corrected chi connectivity index (χ4v) is 3.81. The number of halogens is 1. The molecular formula is C13H16ClN3S. The van der Waals surface area contributed by atoms with Gasteiger partial charge in [-0.1, -0.05) is 18.5 Å². The number of likely N-dealkylation sites (tertiary alicyclic amines) is 1. The molecule has 3 nitrogen and oxygen atoms in total. The molecule has 2 aromatic rings. The lowest BCUT2D eigenvalue weighted by Crippen LogP contribution is -2.27. The summed E-state index contributed by atoms with van der Waals surface area (Å²) in [6, 6.07) is 2.59. The van der Waals surface area contributed by atoms with E-state index in [2.05, 4.69) is 28.7 Å². The lowest BCUT2D eigenvalue weighted by atomic mass is 10.1. The van der Waals surface area contributed by atoms with Crippen LogP contribution in [0.5, 0.6) is 0 Å². The van der Waals surface area contributed by atoms with Gasteiger partial charge >= 0.3 is 0 Å². The third kappa shape index (κ3) is 2.25. The van der Waals surface area contributed by atoms with Crippen LogP contribution in [0.4, 0.5) is 0 Å². The lowest BCUT2D eigenvalue weighted by molar-refractivity contribution is 0.250. The highest BCUT2D eigenvalue weighted by Gasteiger charge is 2.26. The largest absolute Gasteiger partial charge is 0.293 e. The minimum Gasteiger partial charge on any atom is -0.293 e. The molecule has 2 unspecified atom stereocenters. The molecule has 0 bridgehead atoms. The summed E-state index contributed by atoms with van der Waals surface area (Å²) in [7, 11) is 0. The van der Waals surface area contributed by atoms with Gasteiger partial charge in [-0.2, -0.15) is 0 Å². The van der Waals surface area contributed by atoms with Gasteiger partial charge in [0.1, 0.15) is 15.8 Å². The van der Waals surface area contributed by atoms with E-state index in [1.807, 2.05) is 11.4 Å². The Bertz CT molecular complexity index is 568. The highest BCUT2D eigenvalue weighted by atomic mass is 35.5. The molecule has 0 aromatic carbocycles. The smallest absolute Gasteiger partial charge is 0.145 e. The van der Waals surface area contributed by atoms with Gasteiger partial charge in [-0.05, 0) is 30.7 Å². The van der Waals surface area contributed by atoms with Crippen molar-refractivity contribution < 1.29 is 0 Å². The number of thiophene rings is 1. The Morgan fingerprint density at radius 3 is 3.00 bits per heavy atom. The predicted molar refractivity (Wildman–Crippen MR) is 76.1 cm³/mol. The monoisotopic (exact) mass is 281 g/mol. The van der Waals surface area contributed by atoms with Gasteiger partial charge in [-0.25, -0.2) is 9.97 Å². The van der Waals surface area contributed by atoms with Crippen molar-refractivity contribution in [2.45, 2.75) is 32.9 Å². The predicted octanol–water partition coefficient (Wildman–Crippen LogP) is 3.58. The van der Waals surface area contributed by atoms with E-state index >= 15 is 0 Å². The van der Waals surface area contributed by atoms with E-state index in [0.29, 0.717) is 11.2 Å². The van der Waals surface area contributed by atoms with Gasteiger partial charge in [0.05, 0.1) is 6.54 Å². The SMILES string of the molecule is CC1CC(C)N(Cc2nc(Cl)c3ccsc3n2)C1. The molecule has 0 saturated carbocycles. The highest BCUT2D eigenvalue weighted by Crippen LogP contribution is 2.27. The molecule has 2 atom stereocenters. The quantitative estimate of drug-likeness (QED) is 0.788. The number of hydrogen-bond acceptors (Lipinski definition) is 4. The van der Waals surface area contributed by atoms with Gasteiger partial charge in [-0.3, -0.25) is 4.90 Å². The van der Waals surface area contributed by atoms with Crippen LogP contribution in [0, 0.1) is 5.92 Å². The molecule has 18 heavy (non-hydrogen) atoms. The highest BCUT2D eigenvalue weighted by molar-refractivity contribution is 7.16. The molecule has 0 N–H and O–H groups in total. The number of nitrogens with zero attached hydrogens (tertiary/aromatic N) is 3. The van der Waals surface area contributed by atoms with Crippen molar-refractivity contribution in [1.29, 1.82) is 0 Å². The minimum absolute atomic E-state index is 0.580. The molecule has 0 radical (unpaired) electrons. The number of hydrogen-bond donors (Lipinski definition) is 0. The molecule has 0 amide bonds. The molecule has 96 valence electrons. The standard InChI is InChI=1S/C13H16ClN3S/c1-8-5-9(2)17(6-8)7-11-15-12(14)10-3-4-18-13(10)16-11/h3-4,8-9H,5-7H2,1-2H3. The van der Waals surface area contributed by atoms with E-state index < -0.39 is 0 Å². The van der Waals surface area contributed by atoms with Crippen molar-refractivity contribution in [2.24, 2.45) is 5.92 Å². The molecule has 3 rings (SSSR count). The molecule has 3 heterocycles. The van der Waals surface area contributed by atoms with Crippen LogP contribution in [0.3, 0.4) is 0 Å². The molecular weight excluding hydrogens is 266 g/mol. The summed E-state index contributed by atoms with van der Waals surface area (Å²) in [5.74, 6) is 1.61. The van der Waals surface area contributed by atoms with Gasteiger partial charge in [0, 0.05) is 18.0 Å². The van der Waals surface area contributed by atoms with Crippen molar-refractivity contribution >= 4 is 33.2 Å². The molecule has 0 aliphatic carbocycles. The maximum Gasteiger partial charge on any atom is 0.145 e. The summed E-state index contributed by atoms with van der Waals surface area (Å²) >= 11 is 7.81. The average Bonchev–Trinajstić information content (AvgIpc) is 2.86. The molecule has 1 fully saturated rings. The van der Waals surface area contributed by atoms with Crippen molar-refractivity contribution in [3.8, 4) is 0 Å². The van der Waals surface area contributed by atoms with Crippen LogP contribution < -0.4 is 0 Å². The van der Waals surface area contributed by atoms with Gasteiger partial charge in [-0.15, -0.1) is 11.3 Å². The summed E-state index contributed by atoms with van der Waals surface area (Å²) in [4.78, 5) is 12.4. The zero-order valence-electron chi connectivity index (χ0n) is 10.6. The van der Waals surface area contributed by atoms with Gasteiger partial charge in [0.2, 0.25) is 0 Å². The zero-order valence-corrected chi connectivity index (χ0v) is 12.1. The second-order valence-corrected chi connectivity index (χ2v) is 6.44. The fraction of sp³-hybridized carbons (Fsp3) is 0.538. The van der Waals surface area contributed by atoms with Crippen LogP contribution in [0.25, 0.3) is 10.2 Å². The van der Waals surface area contributed by atoms with E-state index in [9.17, 15) is 0 Å². The summed E-state index contributed by atoms with van der Waals surface area (Å²) in [6.45, 7) is 6.51. The first kappa shape index (κ1) is 12.3. The Balaban J connectivity index is 1.86. The fourth-order valence-electron chi connectivity index (χ4n) is 2.72. The lowest BCUT2D eigenvalue weighted by Gasteiger charge is -2.19. The maximum atomic E-state index is 6.19. The normalized spacial score (nSPS) is 25.1. The Labute approximate surface area is 116 Å². The van der Waals surface area contributed by atoms with E-state index in [4.69, 9.17) is 11.6 Å². The minimum atomic E-state index is 0.580. The first-order chi connectivity index (χ1) is 8.63. The summed E-state index contributed by atoms with van der Waals surface area (Å²) in [5.41, 5.74) is 0. The second-order valence-electron chi connectivity index (χ2n) is 5.19. The zero-order chi connectivity index (χ0) is 12.7. The second kappa shape index (κ2) is 4.76. The molecule has 1 aliphatic rings. The van der Waals surface area contributed by atoms with Crippen LogP contribution >= 0.6 is 22.9 Å². The molecule has 1 aliphatic heterocycles. The summed E-state index contributed by atoms with van der Waals surface area (Å²) in [6.07, 6.45) is 1.26. The van der Waals surface area contributed by atoms with Crippen LogP contribution in [-0.2, 0) is 6.54 Å². The number of rotatable bonds is 2. The van der Waals surface area contributed by atoms with Crippen LogP contribution in [0.15, 0.2) is 11.4 Å². The Hall–Kier alpha value is -0.710. The number of fused-ring (bicyclic) bond motifs is 1. The van der Waals surface area contributed by atoms with Crippen molar-refractivity contribution in [3.05, 3.63) is 22.4 Å². The van der Waals surface area contributed by atoms with E-state index in [1.54, 1.807) is 11.3 Å². The van der Waals surface area contributed by atoms with Crippen LogP contribution in [-0.4, -0.2) is 27.5 Å². The van der Waals surface area contributed by atoms with Crippen LogP contribution in [0.2, 0.25) is 5.15 Å². The van der Waals surface area contributed by atoms with Crippen molar-refractivity contribution in [3.63, 3.8) is 0 Å². The summed E-state index contributed by atoms with van der Waals surface area (Å²) in [5, 5.41) is 3.56. The summed E-state index contributed by atoms with van der Waals surface area (Å²) < 4.78 is 0. The third-order valence-electron chi connectivity index (χ3n) is 3.58. The average molecular weight is 282 g/mol. The van der Waals surface area contributed by atoms with Crippen LogP contribution in [0.1, 0.15) is 26.1 Å². The van der Waals surface area contributed by atoms with Gasteiger partial charge in [0.15, 0.2) is 0 Å². The van der Waals surface area contributed by atoms with Crippen molar-refractivity contribution in [2.75, 3.05) is 6.54 Å². The van der Waals surface area contributed by atoms with E-state index in [1.165, 1.54) is 6.42 Å². The first-order valence-electron chi connectivity index (χ1n) is 6.27. The Kier molecular flexibility index (Phi) is 3.26. The van der Waals surface area contributed by atoms with Crippen molar-refractivity contribution in [1.82, 2.24) is 14.9 Å². The van der Waals surface area contributed by atoms with Gasteiger partial charge in [0.25, 0.3) is 0 Å². The third-order valence-corrected chi connectivity index (χ3v) is 4.68. The Morgan fingerprint density at radius 2 is 2.28 bits per heavy atom.